The molecular formula is C9H6N2OS2. The van der Waals surface area contributed by atoms with E-state index < -0.39 is 0 Å². The van der Waals surface area contributed by atoms with Gasteiger partial charge >= 0.3 is 4.87 Å². The van der Waals surface area contributed by atoms with Crippen molar-refractivity contribution in [1.29, 1.82) is 0 Å². The number of para-hydroxylation sites is 1. The first-order valence-electron chi connectivity index (χ1n) is 4.14. The summed E-state index contributed by atoms with van der Waals surface area (Å²) in [6.07, 6.45) is 0. The van der Waals surface area contributed by atoms with Crippen LogP contribution in [0.2, 0.25) is 0 Å². The molecular weight excluding hydrogens is 216 g/mol. The normalized spacial score (nSPS) is 11.5. The van der Waals surface area contributed by atoms with Gasteiger partial charge in [0.1, 0.15) is 0 Å². The Morgan fingerprint density at radius 2 is 2.29 bits per heavy atom. The van der Waals surface area contributed by atoms with Crippen LogP contribution in [0.25, 0.3) is 15.2 Å². The molecule has 3 rings (SSSR count). The number of hydrogen-bond donors (Lipinski definition) is 0. The fourth-order valence-electron chi connectivity index (χ4n) is 1.59. The SMILES string of the molecule is Cc1cccc2sc3nsc(=O)n3c12. The van der Waals surface area contributed by atoms with Crippen LogP contribution in [0.1, 0.15) is 5.56 Å². The quantitative estimate of drug-likeness (QED) is 0.585. The zero-order valence-electron chi connectivity index (χ0n) is 7.35. The highest BCUT2D eigenvalue weighted by atomic mass is 32.1. The summed E-state index contributed by atoms with van der Waals surface area (Å²) >= 11 is 2.57. The first-order chi connectivity index (χ1) is 6.77. The van der Waals surface area contributed by atoms with E-state index in [4.69, 9.17) is 0 Å². The molecule has 0 aliphatic rings. The highest BCUT2D eigenvalue weighted by molar-refractivity contribution is 7.24. The smallest absolute Gasteiger partial charge is 0.255 e. The maximum Gasteiger partial charge on any atom is 0.331 e. The Hall–Kier alpha value is -1.20. The first-order valence-corrected chi connectivity index (χ1v) is 5.73. The second-order valence-corrected chi connectivity index (χ2v) is 4.81. The van der Waals surface area contributed by atoms with E-state index in [1.54, 1.807) is 15.7 Å². The van der Waals surface area contributed by atoms with Crippen LogP contribution in [0.15, 0.2) is 23.0 Å². The third kappa shape index (κ3) is 0.908. The molecule has 0 bridgehead atoms. The highest BCUT2D eigenvalue weighted by Crippen LogP contribution is 2.26. The largest absolute Gasteiger partial charge is 0.331 e. The molecule has 0 aliphatic heterocycles. The summed E-state index contributed by atoms with van der Waals surface area (Å²) in [5.41, 5.74) is 2.13. The summed E-state index contributed by atoms with van der Waals surface area (Å²) in [4.78, 5) is 12.3. The average molecular weight is 222 g/mol. The van der Waals surface area contributed by atoms with Gasteiger partial charge in [-0.1, -0.05) is 23.5 Å². The lowest BCUT2D eigenvalue weighted by Crippen LogP contribution is -2.01. The molecule has 2 heterocycles. The molecule has 0 fully saturated rings. The third-order valence-corrected chi connectivity index (χ3v) is 3.93. The van der Waals surface area contributed by atoms with Gasteiger partial charge in [-0.25, -0.2) is 4.40 Å². The molecule has 0 radical (unpaired) electrons. The lowest BCUT2D eigenvalue weighted by Gasteiger charge is -1.93. The monoisotopic (exact) mass is 222 g/mol. The van der Waals surface area contributed by atoms with Crippen molar-refractivity contribution < 1.29 is 0 Å². The first kappa shape index (κ1) is 8.14. The van der Waals surface area contributed by atoms with Crippen molar-refractivity contribution in [3.8, 4) is 0 Å². The summed E-state index contributed by atoms with van der Waals surface area (Å²) in [5.74, 6) is 0. The van der Waals surface area contributed by atoms with Crippen molar-refractivity contribution in [2.24, 2.45) is 0 Å². The van der Waals surface area contributed by atoms with Gasteiger partial charge in [0, 0.05) is 11.5 Å². The lowest BCUT2D eigenvalue weighted by atomic mass is 10.2. The van der Waals surface area contributed by atoms with Crippen molar-refractivity contribution in [1.82, 2.24) is 8.77 Å². The second kappa shape index (κ2) is 2.65. The van der Waals surface area contributed by atoms with E-state index in [0.717, 1.165) is 32.3 Å². The molecule has 0 aliphatic carbocycles. The van der Waals surface area contributed by atoms with E-state index >= 15 is 0 Å². The van der Waals surface area contributed by atoms with E-state index in [9.17, 15) is 4.79 Å². The van der Waals surface area contributed by atoms with Crippen LogP contribution in [0.3, 0.4) is 0 Å². The number of thiazole rings is 1. The molecule has 0 unspecified atom stereocenters. The molecule has 0 atom stereocenters. The highest BCUT2D eigenvalue weighted by Gasteiger charge is 2.10. The predicted molar refractivity (Wildman–Crippen MR) is 59.5 cm³/mol. The molecule has 0 saturated carbocycles. The van der Waals surface area contributed by atoms with E-state index in [1.165, 1.54) is 0 Å². The van der Waals surface area contributed by atoms with Gasteiger partial charge in [-0.2, -0.15) is 4.37 Å². The van der Waals surface area contributed by atoms with Crippen LogP contribution >= 0.6 is 22.9 Å². The van der Waals surface area contributed by atoms with Crippen LogP contribution < -0.4 is 4.87 Å². The Morgan fingerprint density at radius 3 is 3.14 bits per heavy atom. The molecule has 2 aromatic heterocycles. The topological polar surface area (TPSA) is 34.4 Å². The van der Waals surface area contributed by atoms with Gasteiger partial charge in [0.2, 0.25) is 4.96 Å². The van der Waals surface area contributed by atoms with Crippen LogP contribution in [0.4, 0.5) is 0 Å². The molecule has 0 saturated heterocycles. The van der Waals surface area contributed by atoms with Gasteiger partial charge in [0.05, 0.1) is 10.2 Å². The molecule has 0 spiro atoms. The number of benzene rings is 1. The van der Waals surface area contributed by atoms with Crippen LogP contribution in [0, 0.1) is 6.92 Å². The van der Waals surface area contributed by atoms with E-state index in [-0.39, 0.29) is 4.87 Å². The number of fused-ring (bicyclic) bond motifs is 3. The van der Waals surface area contributed by atoms with E-state index in [1.807, 2.05) is 25.1 Å². The van der Waals surface area contributed by atoms with Gasteiger partial charge in [-0.15, -0.1) is 0 Å². The van der Waals surface area contributed by atoms with Crippen LogP contribution in [-0.2, 0) is 0 Å². The summed E-state index contributed by atoms with van der Waals surface area (Å²) in [7, 11) is 0. The number of aromatic nitrogens is 2. The van der Waals surface area contributed by atoms with Crippen molar-refractivity contribution in [2.45, 2.75) is 6.92 Å². The van der Waals surface area contributed by atoms with Crippen molar-refractivity contribution >= 4 is 38.0 Å². The number of aryl methyl sites for hydroxylation is 1. The minimum absolute atomic E-state index is 0.000509. The standard InChI is InChI=1S/C9H6N2OS2/c1-5-3-2-4-6-7(5)11-8(13-6)10-14-9(11)12/h2-4H,1H3. The minimum atomic E-state index is 0.000509. The fourth-order valence-corrected chi connectivity index (χ4v) is 3.36. The molecule has 1 aromatic carbocycles. The van der Waals surface area contributed by atoms with Crippen molar-refractivity contribution in [2.75, 3.05) is 0 Å². The Morgan fingerprint density at radius 1 is 1.43 bits per heavy atom. The van der Waals surface area contributed by atoms with Crippen LogP contribution in [0.5, 0.6) is 0 Å². The molecule has 0 amide bonds. The molecule has 3 aromatic rings. The van der Waals surface area contributed by atoms with E-state index in [2.05, 4.69) is 4.37 Å². The molecule has 14 heavy (non-hydrogen) atoms. The zero-order valence-corrected chi connectivity index (χ0v) is 8.98. The number of hydrogen-bond acceptors (Lipinski definition) is 4. The van der Waals surface area contributed by atoms with Gasteiger partial charge in [-0.3, -0.25) is 4.79 Å². The maximum absolute atomic E-state index is 11.5. The molecule has 3 nitrogen and oxygen atoms in total. The Kier molecular flexibility index (Phi) is 1.54. The third-order valence-electron chi connectivity index (χ3n) is 2.20. The Labute approximate surface area is 87.4 Å². The predicted octanol–water partition coefficient (Wildman–Crippen LogP) is 2.28. The second-order valence-electron chi connectivity index (χ2n) is 3.09. The minimum Gasteiger partial charge on any atom is -0.255 e. The molecule has 70 valence electrons. The van der Waals surface area contributed by atoms with Gasteiger partial charge in [-0.05, 0) is 18.6 Å². The summed E-state index contributed by atoms with van der Waals surface area (Å²) in [6, 6.07) is 6.03. The number of rotatable bonds is 0. The van der Waals surface area contributed by atoms with Gasteiger partial charge in [0.25, 0.3) is 0 Å². The summed E-state index contributed by atoms with van der Waals surface area (Å²) < 4.78 is 6.92. The Bertz CT molecular complexity index is 677. The summed E-state index contributed by atoms with van der Waals surface area (Å²) in [5, 5.41) is 0. The lowest BCUT2D eigenvalue weighted by molar-refractivity contribution is 1.22. The fraction of sp³-hybridized carbons (Fsp3) is 0.111. The average Bonchev–Trinajstić information content (AvgIpc) is 2.67. The Balaban J connectivity index is 2.75. The zero-order chi connectivity index (χ0) is 9.71. The van der Waals surface area contributed by atoms with Gasteiger partial charge in [0.15, 0.2) is 0 Å². The van der Waals surface area contributed by atoms with Crippen LogP contribution in [-0.4, -0.2) is 8.77 Å². The van der Waals surface area contributed by atoms with Gasteiger partial charge < -0.3 is 0 Å². The molecule has 5 heteroatoms. The maximum atomic E-state index is 11.5. The number of nitrogens with zero attached hydrogens (tertiary/aromatic N) is 2. The summed E-state index contributed by atoms with van der Waals surface area (Å²) in [6.45, 7) is 2.01. The molecule has 0 N–H and O–H groups in total. The van der Waals surface area contributed by atoms with Crippen molar-refractivity contribution in [3.63, 3.8) is 0 Å². The van der Waals surface area contributed by atoms with Crippen molar-refractivity contribution in [3.05, 3.63) is 33.4 Å². The van der Waals surface area contributed by atoms with E-state index in [0.29, 0.717) is 0 Å².